The molecule has 5 nitrogen and oxygen atoms in total. The minimum atomic E-state index is -0.965. The lowest BCUT2D eigenvalue weighted by Gasteiger charge is -1.91. The van der Waals surface area contributed by atoms with Crippen LogP contribution in [0.25, 0.3) is 6.08 Å². The molecule has 0 aliphatic carbocycles. The highest BCUT2D eigenvalue weighted by atomic mass is 16.4. The largest absolute Gasteiger partial charge is 0.479 e. The predicted molar refractivity (Wildman–Crippen MR) is 38.7 cm³/mol. The van der Waals surface area contributed by atoms with Crippen LogP contribution in [0.3, 0.4) is 0 Å². The summed E-state index contributed by atoms with van der Waals surface area (Å²) in [5.41, 5.74) is 0.456. The van der Waals surface area contributed by atoms with E-state index in [1.807, 2.05) is 0 Å². The molecular formula is C7H5N3O2. The van der Waals surface area contributed by atoms with Gasteiger partial charge in [-0.25, -0.2) is 19.8 Å². The maximum atomic E-state index is 10.5. The molecule has 0 fully saturated rings. The van der Waals surface area contributed by atoms with Gasteiger partial charge in [-0.3, -0.25) is 0 Å². The molecule has 0 unspecified atom stereocenters. The zero-order valence-corrected chi connectivity index (χ0v) is 6.01. The minimum Gasteiger partial charge on any atom is -0.479 e. The summed E-state index contributed by atoms with van der Waals surface area (Å²) in [6.07, 6.45) is 4.42. The number of hydrogen-bond donors (Lipinski definition) is 1. The van der Waals surface area contributed by atoms with Crippen molar-refractivity contribution in [1.29, 1.82) is 0 Å². The van der Waals surface area contributed by atoms with Crippen molar-refractivity contribution in [2.45, 2.75) is 6.04 Å². The van der Waals surface area contributed by atoms with Gasteiger partial charge in [-0.15, -0.1) is 0 Å². The topological polar surface area (TPSA) is 75.4 Å². The Morgan fingerprint density at radius 2 is 2.42 bits per heavy atom. The summed E-state index contributed by atoms with van der Waals surface area (Å²) in [6.45, 7) is 0. The predicted octanol–water partition coefficient (Wildman–Crippen LogP) is -1.66. The average Bonchev–Trinajstić information content (AvgIpc) is 2.46. The Morgan fingerprint density at radius 3 is 3.08 bits per heavy atom. The van der Waals surface area contributed by atoms with Gasteiger partial charge in [-0.2, -0.15) is 0 Å². The quantitative estimate of drug-likeness (QED) is 0.537. The van der Waals surface area contributed by atoms with Gasteiger partial charge in [0, 0.05) is 11.4 Å². The van der Waals surface area contributed by atoms with Gasteiger partial charge >= 0.3 is 5.97 Å². The van der Waals surface area contributed by atoms with Crippen LogP contribution < -0.4 is 10.7 Å². The van der Waals surface area contributed by atoms with Gasteiger partial charge in [-0.1, -0.05) is 0 Å². The highest BCUT2D eigenvalue weighted by Gasteiger charge is 2.16. The monoisotopic (exact) mass is 163 g/mol. The van der Waals surface area contributed by atoms with Gasteiger partial charge < -0.3 is 5.11 Å². The van der Waals surface area contributed by atoms with Crippen LogP contribution in [0, 0.1) is 0 Å². The van der Waals surface area contributed by atoms with Gasteiger partial charge in [0.25, 0.3) is 0 Å². The van der Waals surface area contributed by atoms with Gasteiger partial charge in [0.1, 0.15) is 6.33 Å². The number of rotatable bonds is 1. The lowest BCUT2D eigenvalue weighted by molar-refractivity contribution is -0.136. The van der Waals surface area contributed by atoms with Crippen molar-refractivity contribution < 1.29 is 9.90 Å². The molecule has 0 aromatic carbocycles. The van der Waals surface area contributed by atoms with E-state index in [4.69, 9.17) is 5.11 Å². The molecule has 0 saturated carbocycles. The molecule has 1 aromatic rings. The molecule has 0 bridgehead atoms. The first kappa shape index (κ1) is 6.90. The molecule has 1 atom stereocenters. The second kappa shape index (κ2) is 2.37. The molecule has 1 aliphatic rings. The first-order valence-corrected chi connectivity index (χ1v) is 3.36. The van der Waals surface area contributed by atoms with E-state index in [-0.39, 0.29) is 0 Å². The molecule has 2 heterocycles. The fraction of sp³-hybridized carbons (Fsp3) is 0.143. The number of aliphatic carboxylic acids is 1. The van der Waals surface area contributed by atoms with E-state index < -0.39 is 12.0 Å². The van der Waals surface area contributed by atoms with Crippen molar-refractivity contribution in [3.8, 4) is 0 Å². The molecule has 2 rings (SSSR count). The molecule has 0 saturated heterocycles. The summed E-state index contributed by atoms with van der Waals surface area (Å²) in [5.74, 6) is -0.965. The van der Waals surface area contributed by atoms with E-state index in [1.54, 1.807) is 6.20 Å². The third-order valence-corrected chi connectivity index (χ3v) is 1.57. The molecule has 1 N–H and O–H groups in total. The molecule has 12 heavy (non-hydrogen) atoms. The Morgan fingerprint density at radius 1 is 1.58 bits per heavy atom. The standard InChI is InChI=1S/C7H5N3O2/c11-7(12)5-1-4-2-8-3-9-6(4)10-5/h1-3,5H,(H,11,12)/t5-/m0/s1. The first-order chi connectivity index (χ1) is 5.77. The van der Waals surface area contributed by atoms with Crippen molar-refractivity contribution >= 4 is 12.0 Å². The van der Waals surface area contributed by atoms with Crippen LogP contribution in [0.2, 0.25) is 0 Å². The number of aromatic nitrogens is 2. The lowest BCUT2D eigenvalue weighted by Crippen LogP contribution is -2.25. The van der Waals surface area contributed by atoms with Gasteiger partial charge in [0.2, 0.25) is 0 Å². The minimum absolute atomic E-state index is 0.456. The summed E-state index contributed by atoms with van der Waals surface area (Å²) >= 11 is 0. The fourth-order valence-corrected chi connectivity index (χ4v) is 1.02. The normalized spacial score (nSPS) is 19.2. The van der Waals surface area contributed by atoms with Crippen molar-refractivity contribution in [2.75, 3.05) is 0 Å². The maximum Gasteiger partial charge on any atom is 0.332 e. The third kappa shape index (κ3) is 0.952. The Balaban J connectivity index is 2.60. The second-order valence-electron chi connectivity index (χ2n) is 2.38. The van der Waals surface area contributed by atoms with Crippen LogP contribution in [0.5, 0.6) is 0 Å². The number of fused-ring (bicyclic) bond motifs is 1. The second-order valence-corrected chi connectivity index (χ2v) is 2.38. The molecule has 0 amide bonds. The first-order valence-electron chi connectivity index (χ1n) is 3.36. The van der Waals surface area contributed by atoms with Crippen LogP contribution >= 0.6 is 0 Å². The van der Waals surface area contributed by atoms with E-state index >= 15 is 0 Å². The number of carboxylic acid groups (broad SMARTS) is 1. The number of carbonyl (C=O) groups is 1. The summed E-state index contributed by atoms with van der Waals surface area (Å²) in [5, 5.41) is 9.30. The van der Waals surface area contributed by atoms with E-state index in [0.717, 1.165) is 0 Å². The fourth-order valence-electron chi connectivity index (χ4n) is 1.02. The van der Waals surface area contributed by atoms with E-state index in [0.29, 0.717) is 10.7 Å². The number of nitrogens with zero attached hydrogens (tertiary/aromatic N) is 3. The highest BCUT2D eigenvalue weighted by Crippen LogP contribution is 1.93. The van der Waals surface area contributed by atoms with Crippen LogP contribution in [0.15, 0.2) is 17.5 Å². The summed E-state index contributed by atoms with van der Waals surface area (Å²) < 4.78 is 0. The van der Waals surface area contributed by atoms with Crippen molar-refractivity contribution in [3.63, 3.8) is 0 Å². The lowest BCUT2D eigenvalue weighted by atomic mass is 10.3. The van der Waals surface area contributed by atoms with Crippen molar-refractivity contribution in [2.24, 2.45) is 4.99 Å². The van der Waals surface area contributed by atoms with Crippen LogP contribution in [-0.2, 0) is 4.79 Å². The van der Waals surface area contributed by atoms with E-state index in [1.165, 1.54) is 12.4 Å². The van der Waals surface area contributed by atoms with Gasteiger partial charge in [0.15, 0.2) is 11.5 Å². The smallest absolute Gasteiger partial charge is 0.332 e. The van der Waals surface area contributed by atoms with Gasteiger partial charge in [0.05, 0.1) is 0 Å². The summed E-state index contributed by atoms with van der Waals surface area (Å²) in [7, 11) is 0. The van der Waals surface area contributed by atoms with Crippen LogP contribution in [-0.4, -0.2) is 27.1 Å². The molecule has 5 heteroatoms. The van der Waals surface area contributed by atoms with Crippen LogP contribution in [0.1, 0.15) is 0 Å². The Bertz CT molecular complexity index is 405. The Hall–Kier alpha value is -1.78. The molecule has 0 spiro atoms. The summed E-state index contributed by atoms with van der Waals surface area (Å²) in [4.78, 5) is 21.9. The third-order valence-electron chi connectivity index (χ3n) is 1.57. The average molecular weight is 163 g/mol. The molecule has 1 aliphatic heterocycles. The Kier molecular flexibility index (Phi) is 1.36. The number of hydrogen-bond acceptors (Lipinski definition) is 4. The SMILES string of the molecule is O=C(O)[C@@H]1C=c2cncnc2=N1. The maximum absolute atomic E-state index is 10.5. The molecule has 1 aromatic heterocycles. The number of carboxylic acids is 1. The van der Waals surface area contributed by atoms with Crippen LogP contribution in [0.4, 0.5) is 0 Å². The zero-order chi connectivity index (χ0) is 8.55. The molecular weight excluding hydrogens is 158 g/mol. The van der Waals surface area contributed by atoms with Gasteiger partial charge in [-0.05, 0) is 6.08 Å². The summed E-state index contributed by atoms with van der Waals surface area (Å²) in [6, 6.07) is -0.795. The van der Waals surface area contributed by atoms with E-state index in [2.05, 4.69) is 15.0 Å². The van der Waals surface area contributed by atoms with E-state index in [9.17, 15) is 4.79 Å². The zero-order valence-electron chi connectivity index (χ0n) is 6.01. The highest BCUT2D eigenvalue weighted by molar-refractivity contribution is 5.81. The molecule has 60 valence electrons. The van der Waals surface area contributed by atoms with Crippen molar-refractivity contribution in [1.82, 2.24) is 9.97 Å². The van der Waals surface area contributed by atoms with Crippen molar-refractivity contribution in [3.05, 3.63) is 23.2 Å². The molecule has 0 radical (unpaired) electrons. The Labute approximate surface area is 67.1 Å².